The van der Waals surface area contributed by atoms with E-state index in [1.807, 2.05) is 19.2 Å². The number of hydrogen-bond donors (Lipinski definition) is 1. The number of benzene rings is 1. The summed E-state index contributed by atoms with van der Waals surface area (Å²) in [5.41, 5.74) is 2.73. The van der Waals surface area contributed by atoms with Crippen LogP contribution < -0.4 is 5.32 Å². The third-order valence-corrected chi connectivity index (χ3v) is 5.93. The van der Waals surface area contributed by atoms with Crippen molar-refractivity contribution in [2.24, 2.45) is 0 Å². The standard InChI is InChI=1S/C15H18N2O3S2/c1-10-7-13(22(19,20)17(3)4)8-14(11(10)2)16-15(18)12-5-6-21-9-12/h5-9H,1-4H3,(H,16,18). The minimum absolute atomic E-state index is 0.168. The third kappa shape index (κ3) is 3.21. The summed E-state index contributed by atoms with van der Waals surface area (Å²) in [7, 11) is -0.584. The molecule has 0 bridgehead atoms. The van der Waals surface area contributed by atoms with Gasteiger partial charge in [-0.1, -0.05) is 0 Å². The maximum atomic E-state index is 12.3. The minimum atomic E-state index is -3.54. The fourth-order valence-corrected chi connectivity index (χ4v) is 3.55. The summed E-state index contributed by atoms with van der Waals surface area (Å²) in [6.45, 7) is 3.68. The molecule has 1 aromatic heterocycles. The molecule has 5 nitrogen and oxygen atoms in total. The molecule has 0 spiro atoms. The number of nitrogens with one attached hydrogen (secondary N) is 1. The van der Waals surface area contributed by atoms with Crippen LogP contribution in [0.5, 0.6) is 0 Å². The van der Waals surface area contributed by atoms with Gasteiger partial charge in [-0.2, -0.15) is 11.3 Å². The van der Waals surface area contributed by atoms with Gasteiger partial charge in [-0.05, 0) is 48.6 Å². The van der Waals surface area contributed by atoms with Gasteiger partial charge in [0, 0.05) is 25.2 Å². The van der Waals surface area contributed by atoms with Gasteiger partial charge in [0.25, 0.3) is 5.91 Å². The van der Waals surface area contributed by atoms with E-state index in [1.54, 1.807) is 17.5 Å². The van der Waals surface area contributed by atoms with E-state index in [0.717, 1.165) is 15.4 Å². The van der Waals surface area contributed by atoms with E-state index in [9.17, 15) is 13.2 Å². The summed E-state index contributed by atoms with van der Waals surface area (Å²) < 4.78 is 25.7. The Balaban J connectivity index is 2.44. The lowest BCUT2D eigenvalue weighted by molar-refractivity contribution is 0.102. The van der Waals surface area contributed by atoms with Crippen LogP contribution in [0.2, 0.25) is 0 Å². The molecule has 7 heteroatoms. The van der Waals surface area contributed by atoms with Crippen LogP contribution in [0.4, 0.5) is 5.69 Å². The van der Waals surface area contributed by atoms with E-state index in [4.69, 9.17) is 0 Å². The van der Waals surface area contributed by atoms with E-state index in [1.165, 1.54) is 31.5 Å². The lowest BCUT2D eigenvalue weighted by Gasteiger charge is -2.16. The van der Waals surface area contributed by atoms with Crippen molar-refractivity contribution in [1.29, 1.82) is 0 Å². The predicted octanol–water partition coefficient (Wildman–Crippen LogP) is 2.87. The molecule has 1 aromatic carbocycles. The SMILES string of the molecule is Cc1cc(S(=O)(=O)N(C)C)cc(NC(=O)c2ccsc2)c1C. The van der Waals surface area contributed by atoms with Crippen LogP contribution >= 0.6 is 11.3 Å². The fourth-order valence-electron chi connectivity index (χ4n) is 1.90. The van der Waals surface area contributed by atoms with E-state index in [2.05, 4.69) is 5.32 Å². The van der Waals surface area contributed by atoms with Crippen LogP contribution in [0.1, 0.15) is 21.5 Å². The van der Waals surface area contributed by atoms with Gasteiger partial charge in [0.1, 0.15) is 0 Å². The van der Waals surface area contributed by atoms with Crippen LogP contribution in [-0.2, 0) is 10.0 Å². The van der Waals surface area contributed by atoms with Gasteiger partial charge in [-0.15, -0.1) is 0 Å². The molecule has 1 N–H and O–H groups in total. The molecule has 2 rings (SSSR count). The quantitative estimate of drug-likeness (QED) is 0.932. The van der Waals surface area contributed by atoms with Gasteiger partial charge < -0.3 is 5.32 Å². The smallest absolute Gasteiger partial charge is 0.256 e. The number of nitrogens with zero attached hydrogens (tertiary/aromatic N) is 1. The Kier molecular flexibility index (Phi) is 4.69. The Hall–Kier alpha value is -1.70. The number of amides is 1. The summed E-state index contributed by atoms with van der Waals surface area (Å²) in [5, 5.41) is 6.36. The van der Waals surface area contributed by atoms with Gasteiger partial charge in [0.15, 0.2) is 0 Å². The second-order valence-electron chi connectivity index (χ2n) is 5.17. The first-order chi connectivity index (χ1) is 10.2. The highest BCUT2D eigenvalue weighted by Crippen LogP contribution is 2.26. The van der Waals surface area contributed by atoms with Crippen molar-refractivity contribution in [3.8, 4) is 0 Å². The second-order valence-corrected chi connectivity index (χ2v) is 8.10. The molecule has 22 heavy (non-hydrogen) atoms. The average Bonchev–Trinajstić information content (AvgIpc) is 2.97. The highest BCUT2D eigenvalue weighted by molar-refractivity contribution is 7.89. The topological polar surface area (TPSA) is 66.5 Å². The fraction of sp³-hybridized carbons (Fsp3) is 0.267. The first-order valence-electron chi connectivity index (χ1n) is 6.61. The maximum absolute atomic E-state index is 12.3. The number of carbonyl (C=O) groups excluding carboxylic acids is 1. The highest BCUT2D eigenvalue weighted by atomic mass is 32.2. The average molecular weight is 338 g/mol. The highest BCUT2D eigenvalue weighted by Gasteiger charge is 2.20. The van der Waals surface area contributed by atoms with Gasteiger partial charge in [-0.3, -0.25) is 4.79 Å². The van der Waals surface area contributed by atoms with Gasteiger partial charge in [0.2, 0.25) is 10.0 Å². The summed E-state index contributed by atoms with van der Waals surface area (Å²) >= 11 is 1.43. The molecule has 118 valence electrons. The zero-order valence-electron chi connectivity index (χ0n) is 12.9. The summed E-state index contributed by atoms with van der Waals surface area (Å²) in [6, 6.07) is 4.84. The maximum Gasteiger partial charge on any atom is 0.256 e. The molecule has 0 unspecified atom stereocenters. The zero-order chi connectivity index (χ0) is 16.5. The molecule has 0 saturated carbocycles. The van der Waals surface area contributed by atoms with Crippen molar-refractivity contribution >= 4 is 33.0 Å². The van der Waals surface area contributed by atoms with Crippen molar-refractivity contribution in [2.45, 2.75) is 18.7 Å². The van der Waals surface area contributed by atoms with Crippen LogP contribution in [0, 0.1) is 13.8 Å². The number of thiophene rings is 1. The first-order valence-corrected chi connectivity index (χ1v) is 8.99. The first kappa shape index (κ1) is 16.7. The lowest BCUT2D eigenvalue weighted by atomic mass is 10.1. The van der Waals surface area contributed by atoms with E-state index in [-0.39, 0.29) is 10.8 Å². The Morgan fingerprint density at radius 1 is 1.23 bits per heavy atom. The Morgan fingerprint density at radius 3 is 2.45 bits per heavy atom. The number of hydrogen-bond acceptors (Lipinski definition) is 4. The van der Waals surface area contributed by atoms with Gasteiger partial charge in [-0.25, -0.2) is 12.7 Å². The zero-order valence-corrected chi connectivity index (χ0v) is 14.5. The molecule has 1 amide bonds. The summed E-state index contributed by atoms with van der Waals surface area (Å²) in [6.07, 6.45) is 0. The van der Waals surface area contributed by atoms with Crippen molar-refractivity contribution in [3.63, 3.8) is 0 Å². The Bertz CT molecular complexity index is 794. The van der Waals surface area contributed by atoms with Crippen molar-refractivity contribution in [2.75, 3.05) is 19.4 Å². The number of aryl methyl sites for hydroxylation is 1. The third-order valence-electron chi connectivity index (χ3n) is 3.45. The molecule has 0 aliphatic rings. The van der Waals surface area contributed by atoms with Crippen molar-refractivity contribution in [3.05, 3.63) is 45.6 Å². The van der Waals surface area contributed by atoms with E-state index in [0.29, 0.717) is 11.3 Å². The number of rotatable bonds is 4. The molecule has 2 aromatic rings. The van der Waals surface area contributed by atoms with Crippen LogP contribution in [0.15, 0.2) is 33.9 Å². The molecular formula is C15H18N2O3S2. The van der Waals surface area contributed by atoms with Gasteiger partial charge >= 0.3 is 0 Å². The Morgan fingerprint density at radius 2 is 1.91 bits per heavy atom. The molecule has 1 heterocycles. The molecule has 0 fully saturated rings. The number of carbonyl (C=O) groups is 1. The van der Waals surface area contributed by atoms with Crippen molar-refractivity contribution < 1.29 is 13.2 Å². The minimum Gasteiger partial charge on any atom is -0.322 e. The molecule has 0 saturated heterocycles. The number of anilines is 1. The molecular weight excluding hydrogens is 320 g/mol. The molecule has 0 aliphatic carbocycles. The lowest BCUT2D eigenvalue weighted by Crippen LogP contribution is -2.23. The number of sulfonamides is 1. The van der Waals surface area contributed by atoms with Crippen molar-refractivity contribution in [1.82, 2.24) is 4.31 Å². The molecule has 0 radical (unpaired) electrons. The van der Waals surface area contributed by atoms with Crippen LogP contribution in [0.25, 0.3) is 0 Å². The molecule has 0 atom stereocenters. The normalized spacial score (nSPS) is 11.7. The van der Waals surface area contributed by atoms with Crippen LogP contribution in [-0.4, -0.2) is 32.7 Å². The van der Waals surface area contributed by atoms with E-state index >= 15 is 0 Å². The second kappa shape index (κ2) is 6.20. The Labute approximate surface area is 134 Å². The largest absolute Gasteiger partial charge is 0.322 e. The monoisotopic (exact) mass is 338 g/mol. The van der Waals surface area contributed by atoms with Crippen LogP contribution in [0.3, 0.4) is 0 Å². The molecule has 0 aliphatic heterocycles. The van der Waals surface area contributed by atoms with Gasteiger partial charge in [0.05, 0.1) is 10.5 Å². The predicted molar refractivity (Wildman–Crippen MR) is 89.1 cm³/mol. The summed E-state index contributed by atoms with van der Waals surface area (Å²) in [5.74, 6) is -0.247. The van der Waals surface area contributed by atoms with E-state index < -0.39 is 10.0 Å². The summed E-state index contributed by atoms with van der Waals surface area (Å²) in [4.78, 5) is 12.3.